The highest BCUT2D eigenvalue weighted by Gasteiger charge is 2.10. The quantitative estimate of drug-likeness (QED) is 0.852. The van der Waals surface area contributed by atoms with Gasteiger partial charge in [-0.2, -0.15) is 0 Å². The number of hydrogen-bond donors (Lipinski definition) is 2. The number of anilines is 1. The largest absolute Gasteiger partial charge is 0.392 e. The second-order valence-electron chi connectivity index (χ2n) is 5.22. The second-order valence-corrected chi connectivity index (χ2v) is 6.67. The summed E-state index contributed by atoms with van der Waals surface area (Å²) in [5.41, 5.74) is 2.45. The summed E-state index contributed by atoms with van der Waals surface area (Å²) in [5, 5.41) is 11.5. The summed E-state index contributed by atoms with van der Waals surface area (Å²) in [4.78, 5) is 11.9. The van der Waals surface area contributed by atoms with Gasteiger partial charge in [0.1, 0.15) is 11.6 Å². The van der Waals surface area contributed by atoms with E-state index >= 15 is 0 Å². The van der Waals surface area contributed by atoms with Crippen LogP contribution in [-0.2, 0) is 28.0 Å². The normalized spacial score (nSPS) is 12.0. The molecule has 2 rings (SSSR count). The van der Waals surface area contributed by atoms with Crippen molar-refractivity contribution in [1.82, 2.24) is 0 Å². The van der Waals surface area contributed by atoms with Crippen LogP contribution in [0.5, 0.6) is 0 Å². The molecule has 1 amide bonds. The van der Waals surface area contributed by atoms with E-state index in [0.717, 1.165) is 11.1 Å². The summed E-state index contributed by atoms with van der Waals surface area (Å²) in [6.45, 7) is 1.59. The molecule has 0 saturated carbocycles. The molecule has 0 fully saturated rings. The Morgan fingerprint density at radius 3 is 2.43 bits per heavy atom. The van der Waals surface area contributed by atoms with Crippen LogP contribution >= 0.6 is 0 Å². The third kappa shape index (κ3) is 5.26. The van der Waals surface area contributed by atoms with Crippen molar-refractivity contribution < 1.29 is 18.5 Å². The molecule has 1 atom stereocenters. The lowest BCUT2D eigenvalue weighted by atomic mass is 10.2. The van der Waals surface area contributed by atoms with E-state index in [-0.39, 0.29) is 18.1 Å². The first-order valence-corrected chi connectivity index (χ1v) is 8.56. The Kier molecular flexibility index (Phi) is 6.01. The van der Waals surface area contributed by atoms with Gasteiger partial charge in [-0.25, -0.2) is 4.39 Å². The highest BCUT2D eigenvalue weighted by atomic mass is 32.2. The van der Waals surface area contributed by atoms with Crippen LogP contribution in [0.25, 0.3) is 0 Å². The van der Waals surface area contributed by atoms with Crippen LogP contribution in [0.3, 0.4) is 0 Å². The standard InChI is InChI=1S/C17H18FNO3S/c1-12-2-7-15(8-16(12)18)19-17(21)11-23(22)10-14-5-3-13(9-20)4-6-14/h2-8,20H,9-11H2,1H3,(H,19,21). The molecule has 4 nitrogen and oxygen atoms in total. The van der Waals surface area contributed by atoms with Crippen molar-refractivity contribution in [2.75, 3.05) is 11.1 Å². The Labute approximate surface area is 136 Å². The molecule has 6 heteroatoms. The van der Waals surface area contributed by atoms with Crippen LogP contribution in [0.1, 0.15) is 16.7 Å². The van der Waals surface area contributed by atoms with E-state index in [1.807, 2.05) is 0 Å². The van der Waals surface area contributed by atoms with Crippen molar-refractivity contribution in [2.45, 2.75) is 19.3 Å². The van der Waals surface area contributed by atoms with Crippen molar-refractivity contribution in [3.8, 4) is 0 Å². The van der Waals surface area contributed by atoms with Gasteiger partial charge in [-0.3, -0.25) is 9.00 Å². The molecule has 0 aliphatic heterocycles. The number of rotatable bonds is 6. The zero-order valence-corrected chi connectivity index (χ0v) is 13.5. The molecule has 2 aromatic carbocycles. The van der Waals surface area contributed by atoms with Crippen molar-refractivity contribution in [3.05, 3.63) is 65.0 Å². The van der Waals surface area contributed by atoms with E-state index in [1.165, 1.54) is 6.07 Å². The lowest BCUT2D eigenvalue weighted by molar-refractivity contribution is -0.113. The summed E-state index contributed by atoms with van der Waals surface area (Å²) in [6.07, 6.45) is 0. The Morgan fingerprint density at radius 2 is 1.83 bits per heavy atom. The van der Waals surface area contributed by atoms with E-state index in [1.54, 1.807) is 43.3 Å². The fourth-order valence-corrected chi connectivity index (χ4v) is 3.02. The summed E-state index contributed by atoms with van der Waals surface area (Å²) in [6, 6.07) is 11.5. The Morgan fingerprint density at radius 1 is 1.17 bits per heavy atom. The average Bonchev–Trinajstić information content (AvgIpc) is 2.51. The van der Waals surface area contributed by atoms with Crippen molar-refractivity contribution in [2.24, 2.45) is 0 Å². The molecule has 1 unspecified atom stereocenters. The Bertz CT molecular complexity index is 716. The molecule has 122 valence electrons. The first-order valence-electron chi connectivity index (χ1n) is 7.07. The van der Waals surface area contributed by atoms with Crippen molar-refractivity contribution in [3.63, 3.8) is 0 Å². The van der Waals surface area contributed by atoms with Gasteiger partial charge < -0.3 is 10.4 Å². The Balaban J connectivity index is 1.88. The third-order valence-electron chi connectivity index (χ3n) is 3.28. The van der Waals surface area contributed by atoms with Crippen LogP contribution < -0.4 is 5.32 Å². The van der Waals surface area contributed by atoms with E-state index in [0.29, 0.717) is 11.3 Å². The predicted octanol–water partition coefficient (Wildman–Crippen LogP) is 2.51. The highest BCUT2D eigenvalue weighted by Crippen LogP contribution is 2.14. The SMILES string of the molecule is Cc1ccc(NC(=O)CS(=O)Cc2ccc(CO)cc2)cc1F. The van der Waals surface area contributed by atoms with E-state index < -0.39 is 22.5 Å². The zero-order valence-electron chi connectivity index (χ0n) is 12.7. The van der Waals surface area contributed by atoms with Gasteiger partial charge >= 0.3 is 0 Å². The summed E-state index contributed by atoms with van der Waals surface area (Å²) in [5.74, 6) is -0.718. The number of carbonyl (C=O) groups is 1. The van der Waals surface area contributed by atoms with Gasteiger partial charge in [0.05, 0.1) is 6.61 Å². The number of aliphatic hydroxyl groups is 1. The molecule has 0 spiro atoms. The van der Waals surface area contributed by atoms with Gasteiger partial charge in [0.15, 0.2) is 0 Å². The summed E-state index contributed by atoms with van der Waals surface area (Å²) in [7, 11) is -1.36. The number of nitrogens with one attached hydrogen (secondary N) is 1. The molecule has 0 aromatic heterocycles. The van der Waals surface area contributed by atoms with Gasteiger partial charge in [-0.15, -0.1) is 0 Å². The maximum atomic E-state index is 13.4. The number of aliphatic hydroxyl groups excluding tert-OH is 1. The van der Waals surface area contributed by atoms with Crippen LogP contribution in [0.2, 0.25) is 0 Å². The predicted molar refractivity (Wildman–Crippen MR) is 88.8 cm³/mol. The number of amides is 1. The van der Waals surface area contributed by atoms with Crippen molar-refractivity contribution in [1.29, 1.82) is 0 Å². The minimum atomic E-state index is -1.36. The number of carbonyl (C=O) groups excluding carboxylic acids is 1. The number of halogens is 1. The van der Waals surface area contributed by atoms with Gasteiger partial charge in [0.25, 0.3) is 0 Å². The van der Waals surface area contributed by atoms with E-state index in [2.05, 4.69) is 5.32 Å². The van der Waals surface area contributed by atoms with Crippen molar-refractivity contribution >= 4 is 22.4 Å². The highest BCUT2D eigenvalue weighted by molar-refractivity contribution is 7.84. The van der Waals surface area contributed by atoms with E-state index in [9.17, 15) is 13.4 Å². The molecule has 0 heterocycles. The van der Waals surface area contributed by atoms with Crippen LogP contribution in [-0.4, -0.2) is 21.0 Å². The van der Waals surface area contributed by atoms with Gasteiger partial charge in [0.2, 0.25) is 5.91 Å². The molecule has 0 bridgehead atoms. The molecule has 0 aliphatic carbocycles. The second kappa shape index (κ2) is 7.99. The number of benzene rings is 2. The zero-order chi connectivity index (χ0) is 16.8. The lowest BCUT2D eigenvalue weighted by Crippen LogP contribution is -2.20. The maximum absolute atomic E-state index is 13.4. The number of aryl methyl sites for hydroxylation is 1. The molecule has 0 saturated heterocycles. The van der Waals surface area contributed by atoms with Gasteiger partial charge in [0, 0.05) is 22.2 Å². The Hall–Kier alpha value is -2.05. The minimum absolute atomic E-state index is 0.0428. The first-order chi connectivity index (χ1) is 11.0. The molecule has 0 radical (unpaired) electrons. The molecule has 2 aromatic rings. The molecule has 23 heavy (non-hydrogen) atoms. The third-order valence-corrected chi connectivity index (χ3v) is 4.52. The van der Waals surface area contributed by atoms with E-state index in [4.69, 9.17) is 5.11 Å². The summed E-state index contributed by atoms with van der Waals surface area (Å²) < 4.78 is 25.4. The van der Waals surface area contributed by atoms with Gasteiger partial charge in [-0.1, -0.05) is 30.3 Å². The minimum Gasteiger partial charge on any atom is -0.392 e. The smallest absolute Gasteiger partial charge is 0.237 e. The molecule has 0 aliphatic rings. The summed E-state index contributed by atoms with van der Waals surface area (Å²) >= 11 is 0. The van der Waals surface area contributed by atoms with Crippen LogP contribution in [0, 0.1) is 12.7 Å². The maximum Gasteiger partial charge on any atom is 0.237 e. The lowest BCUT2D eigenvalue weighted by Gasteiger charge is -2.07. The molecule has 2 N–H and O–H groups in total. The topological polar surface area (TPSA) is 66.4 Å². The molecular formula is C17H18FNO3S. The van der Waals surface area contributed by atoms with Gasteiger partial charge in [-0.05, 0) is 35.7 Å². The average molecular weight is 335 g/mol. The van der Waals surface area contributed by atoms with Crippen LogP contribution in [0.15, 0.2) is 42.5 Å². The number of hydrogen-bond acceptors (Lipinski definition) is 3. The fraction of sp³-hybridized carbons (Fsp3) is 0.235. The molecular weight excluding hydrogens is 317 g/mol. The fourth-order valence-electron chi connectivity index (χ4n) is 1.99. The monoisotopic (exact) mass is 335 g/mol. The van der Waals surface area contributed by atoms with Crippen LogP contribution in [0.4, 0.5) is 10.1 Å². The first kappa shape index (κ1) is 17.3.